The maximum Gasteiger partial charge on any atom is 0.251 e. The van der Waals surface area contributed by atoms with E-state index >= 15 is 0 Å². The zero-order valence-electron chi connectivity index (χ0n) is 24.0. The summed E-state index contributed by atoms with van der Waals surface area (Å²) in [4.78, 5) is 17.7. The summed E-state index contributed by atoms with van der Waals surface area (Å²) in [5.74, 6) is 2.01. The van der Waals surface area contributed by atoms with Crippen LogP contribution in [0.3, 0.4) is 0 Å². The van der Waals surface area contributed by atoms with Crippen LogP contribution in [-0.4, -0.2) is 67.6 Å². The standard InChI is InChI=1S/C35H45N3O2/c1-28-10-8-22-37(26-28)23-9-21-36-35(39)31-15-17-32(18-16-31)40-33-19-24-38(25-20-33)27-34(29-11-4-2-5-12-29)30-13-6-3-7-14-30/h2-7,11-18,28,33-34H,8-10,19-27H2,1H3,(H,36,39). The Kier molecular flexibility index (Phi) is 10.3. The highest BCUT2D eigenvalue weighted by molar-refractivity contribution is 5.94. The van der Waals surface area contributed by atoms with Crippen LogP contribution in [0.2, 0.25) is 0 Å². The van der Waals surface area contributed by atoms with Crippen LogP contribution in [0.15, 0.2) is 84.9 Å². The zero-order valence-corrected chi connectivity index (χ0v) is 24.0. The molecule has 0 spiro atoms. The van der Waals surface area contributed by atoms with Crippen molar-refractivity contribution in [2.24, 2.45) is 5.92 Å². The highest BCUT2D eigenvalue weighted by atomic mass is 16.5. The molecule has 1 N–H and O–H groups in total. The lowest BCUT2D eigenvalue weighted by molar-refractivity contribution is 0.0949. The number of likely N-dealkylation sites (tertiary alicyclic amines) is 2. The Labute approximate surface area is 240 Å². The third kappa shape index (κ3) is 8.18. The average Bonchev–Trinajstić information content (AvgIpc) is 3.00. The van der Waals surface area contributed by atoms with E-state index < -0.39 is 0 Å². The zero-order chi connectivity index (χ0) is 27.6. The van der Waals surface area contributed by atoms with E-state index in [4.69, 9.17) is 4.74 Å². The smallest absolute Gasteiger partial charge is 0.251 e. The van der Waals surface area contributed by atoms with Crippen LogP contribution in [0.1, 0.15) is 66.4 Å². The van der Waals surface area contributed by atoms with E-state index in [1.165, 1.54) is 37.1 Å². The molecular weight excluding hydrogens is 494 g/mol. The van der Waals surface area contributed by atoms with Gasteiger partial charge in [-0.25, -0.2) is 0 Å². The number of piperidine rings is 2. The SMILES string of the molecule is CC1CCCN(CCCNC(=O)c2ccc(OC3CCN(CC(c4ccccc4)c4ccccc4)CC3)cc2)C1. The number of hydrogen-bond donors (Lipinski definition) is 1. The number of nitrogens with one attached hydrogen (secondary N) is 1. The monoisotopic (exact) mass is 539 g/mol. The van der Waals surface area contributed by atoms with Gasteiger partial charge in [-0.05, 0) is 86.5 Å². The van der Waals surface area contributed by atoms with Gasteiger partial charge in [-0.2, -0.15) is 0 Å². The summed E-state index contributed by atoms with van der Waals surface area (Å²) in [6.45, 7) is 9.57. The fraction of sp³-hybridized carbons (Fsp3) is 0.457. The normalized spacial score (nSPS) is 19.0. The van der Waals surface area contributed by atoms with Crippen LogP contribution in [0, 0.1) is 5.92 Å². The number of nitrogens with zero attached hydrogens (tertiary/aromatic N) is 2. The molecule has 2 aliphatic heterocycles. The summed E-state index contributed by atoms with van der Waals surface area (Å²) in [7, 11) is 0. The summed E-state index contributed by atoms with van der Waals surface area (Å²) in [5, 5.41) is 3.08. The van der Waals surface area contributed by atoms with E-state index in [1.807, 2.05) is 24.3 Å². The summed E-state index contributed by atoms with van der Waals surface area (Å²) < 4.78 is 6.32. The van der Waals surface area contributed by atoms with Crippen molar-refractivity contribution in [2.75, 3.05) is 45.8 Å². The molecule has 3 aromatic rings. The van der Waals surface area contributed by atoms with Crippen molar-refractivity contribution in [2.45, 2.75) is 51.0 Å². The van der Waals surface area contributed by atoms with E-state index in [1.54, 1.807) is 0 Å². The van der Waals surface area contributed by atoms with Gasteiger partial charge < -0.3 is 19.9 Å². The summed E-state index contributed by atoms with van der Waals surface area (Å²) in [5.41, 5.74) is 3.43. The second-order valence-electron chi connectivity index (χ2n) is 11.7. The van der Waals surface area contributed by atoms with Crippen LogP contribution >= 0.6 is 0 Å². The molecule has 3 aromatic carbocycles. The molecule has 40 heavy (non-hydrogen) atoms. The Hall–Kier alpha value is -3.15. The van der Waals surface area contributed by atoms with Gasteiger partial charge in [0.1, 0.15) is 11.9 Å². The topological polar surface area (TPSA) is 44.8 Å². The van der Waals surface area contributed by atoms with Crippen LogP contribution < -0.4 is 10.1 Å². The molecule has 1 amide bonds. The number of carbonyl (C=O) groups excluding carboxylic acids is 1. The number of carbonyl (C=O) groups is 1. The molecule has 212 valence electrons. The van der Waals surface area contributed by atoms with Gasteiger partial charge in [-0.1, -0.05) is 67.6 Å². The van der Waals surface area contributed by atoms with Gasteiger partial charge in [0, 0.05) is 44.2 Å². The van der Waals surface area contributed by atoms with Gasteiger partial charge in [0.25, 0.3) is 5.91 Å². The number of hydrogen-bond acceptors (Lipinski definition) is 4. The van der Waals surface area contributed by atoms with Crippen LogP contribution in [0.25, 0.3) is 0 Å². The molecule has 2 saturated heterocycles. The molecule has 0 radical (unpaired) electrons. The average molecular weight is 540 g/mol. The lowest BCUT2D eigenvalue weighted by Gasteiger charge is -2.34. The molecular formula is C35H45N3O2. The minimum absolute atomic E-state index is 0.00161. The van der Waals surface area contributed by atoms with Crippen molar-refractivity contribution in [3.05, 3.63) is 102 Å². The molecule has 0 aromatic heterocycles. The summed E-state index contributed by atoms with van der Waals surface area (Å²) >= 11 is 0. The summed E-state index contributed by atoms with van der Waals surface area (Å²) in [6.07, 6.45) is 5.86. The Bertz CT molecular complexity index is 1120. The lowest BCUT2D eigenvalue weighted by Crippen LogP contribution is -2.40. The number of ether oxygens (including phenoxy) is 1. The molecule has 2 fully saturated rings. The van der Waals surface area contributed by atoms with Gasteiger partial charge >= 0.3 is 0 Å². The van der Waals surface area contributed by atoms with E-state index in [0.29, 0.717) is 11.5 Å². The van der Waals surface area contributed by atoms with Gasteiger partial charge in [0.05, 0.1) is 0 Å². The quantitative estimate of drug-likeness (QED) is 0.294. The molecule has 0 saturated carbocycles. The van der Waals surface area contributed by atoms with Crippen molar-refractivity contribution in [3.63, 3.8) is 0 Å². The van der Waals surface area contributed by atoms with E-state index in [-0.39, 0.29) is 12.0 Å². The van der Waals surface area contributed by atoms with Gasteiger partial charge in [-0.3, -0.25) is 4.79 Å². The molecule has 0 aliphatic carbocycles. The van der Waals surface area contributed by atoms with Crippen LogP contribution in [0.5, 0.6) is 5.75 Å². The highest BCUT2D eigenvalue weighted by Gasteiger charge is 2.24. The van der Waals surface area contributed by atoms with Gasteiger partial charge in [0.15, 0.2) is 0 Å². The Morgan fingerprint density at radius 3 is 2.12 bits per heavy atom. The molecule has 1 unspecified atom stereocenters. The maximum atomic E-state index is 12.6. The third-order valence-corrected chi connectivity index (χ3v) is 8.48. The predicted molar refractivity (Wildman–Crippen MR) is 163 cm³/mol. The fourth-order valence-electron chi connectivity index (χ4n) is 6.22. The number of rotatable bonds is 11. The molecule has 0 bridgehead atoms. The Morgan fingerprint density at radius 2 is 1.50 bits per heavy atom. The van der Waals surface area contributed by atoms with Crippen LogP contribution in [-0.2, 0) is 0 Å². The first-order valence-electron chi connectivity index (χ1n) is 15.2. The highest BCUT2D eigenvalue weighted by Crippen LogP contribution is 2.28. The molecule has 2 aliphatic rings. The minimum atomic E-state index is -0.00161. The largest absolute Gasteiger partial charge is 0.490 e. The number of amides is 1. The van der Waals surface area contributed by atoms with E-state index in [9.17, 15) is 4.79 Å². The molecule has 2 heterocycles. The van der Waals surface area contributed by atoms with Gasteiger partial charge in [0.2, 0.25) is 0 Å². The molecule has 1 atom stereocenters. The first kappa shape index (κ1) is 28.4. The Balaban J connectivity index is 1.05. The van der Waals surface area contributed by atoms with E-state index in [2.05, 4.69) is 82.7 Å². The summed E-state index contributed by atoms with van der Waals surface area (Å²) in [6, 6.07) is 29.3. The third-order valence-electron chi connectivity index (χ3n) is 8.48. The first-order valence-corrected chi connectivity index (χ1v) is 15.2. The molecule has 5 nitrogen and oxygen atoms in total. The lowest BCUT2D eigenvalue weighted by atomic mass is 9.90. The van der Waals surface area contributed by atoms with E-state index in [0.717, 1.165) is 63.7 Å². The van der Waals surface area contributed by atoms with Crippen molar-refractivity contribution in [1.82, 2.24) is 15.1 Å². The van der Waals surface area contributed by atoms with Crippen molar-refractivity contribution in [3.8, 4) is 5.75 Å². The van der Waals surface area contributed by atoms with Gasteiger partial charge in [-0.15, -0.1) is 0 Å². The van der Waals surface area contributed by atoms with Crippen molar-refractivity contribution in [1.29, 1.82) is 0 Å². The Morgan fingerprint density at radius 1 is 0.850 bits per heavy atom. The second kappa shape index (κ2) is 14.5. The minimum Gasteiger partial charge on any atom is -0.490 e. The van der Waals surface area contributed by atoms with Crippen LogP contribution in [0.4, 0.5) is 0 Å². The first-order chi connectivity index (χ1) is 19.6. The fourth-order valence-corrected chi connectivity index (χ4v) is 6.22. The maximum absolute atomic E-state index is 12.6. The predicted octanol–water partition coefficient (Wildman–Crippen LogP) is 6.21. The second-order valence-corrected chi connectivity index (χ2v) is 11.7. The number of benzene rings is 3. The molecule has 5 rings (SSSR count). The van der Waals surface area contributed by atoms with Crippen molar-refractivity contribution < 1.29 is 9.53 Å². The molecule has 5 heteroatoms. The van der Waals surface area contributed by atoms with Crippen molar-refractivity contribution >= 4 is 5.91 Å².